The van der Waals surface area contributed by atoms with Crippen molar-refractivity contribution >= 4 is 51.4 Å². The third-order valence-corrected chi connectivity index (χ3v) is 7.38. The molecule has 3 N–H and O–H groups in total. The molecule has 0 unspecified atom stereocenters. The van der Waals surface area contributed by atoms with Crippen LogP contribution in [0.3, 0.4) is 0 Å². The summed E-state index contributed by atoms with van der Waals surface area (Å²) >= 11 is 8.84. The molecular weight excluding hydrogens is 652 g/mol. The first-order chi connectivity index (χ1) is 21.3. The molecule has 0 aromatic heterocycles. The van der Waals surface area contributed by atoms with Gasteiger partial charge in [0, 0.05) is 11.3 Å². The number of thiocarbonyl (C=S) groups is 1. The summed E-state index contributed by atoms with van der Waals surface area (Å²) in [7, 11) is 0. The Balaban J connectivity index is 1.16. The summed E-state index contributed by atoms with van der Waals surface area (Å²) in [6.45, 7) is 3.98. The van der Waals surface area contributed by atoms with Gasteiger partial charge in [0.1, 0.15) is 18.1 Å². The molecule has 5 rings (SSSR count). The van der Waals surface area contributed by atoms with Crippen LogP contribution in [0.5, 0.6) is 23.0 Å². The number of benzene rings is 3. The zero-order valence-corrected chi connectivity index (χ0v) is 26.3. The molecule has 0 saturated carbocycles. The monoisotopic (exact) mass is 680 g/mol. The molecule has 1 atom stereocenters. The Labute approximate surface area is 267 Å². The number of fused-ring (bicyclic) bond motifs is 1. The number of ether oxygens (including phenoxy) is 5. The van der Waals surface area contributed by atoms with Crippen LogP contribution < -0.4 is 35.0 Å². The number of hydrogen-bond acceptors (Lipinski definition) is 9. The highest BCUT2D eigenvalue weighted by atomic mass is 79.9. The fraction of sp³-hybridized carbons (Fsp3) is 0.226. The predicted octanol–water partition coefficient (Wildman–Crippen LogP) is 4.64. The third-order valence-electron chi connectivity index (χ3n) is 6.54. The van der Waals surface area contributed by atoms with Crippen LogP contribution >= 0.6 is 28.1 Å². The van der Waals surface area contributed by atoms with E-state index in [-0.39, 0.29) is 20.0 Å². The number of amides is 1. The molecule has 13 heteroatoms. The number of hydrogen-bond donors (Lipinski definition) is 3. The number of para-hydroxylation sites is 1. The van der Waals surface area contributed by atoms with Crippen molar-refractivity contribution in [2.45, 2.75) is 26.5 Å². The predicted molar refractivity (Wildman–Crippen MR) is 170 cm³/mol. The fourth-order valence-corrected chi connectivity index (χ4v) is 5.30. The standard InChI is InChI=1S/C31H29BrN4O7S/c1-3-39-30(38)28-18(2)34-31(44)35-29(28)21-6-4-5-7-23(21)41-16-27(37)36-33-14-19-8-10-24(22(32)12-19)40-15-20-9-11-25-26(13-20)43-17-42-25/h4-14,29H,3,15-17H2,1-2H3,(H,36,37)(H2,34,35,44)/t29-/m0/s1. The van der Waals surface area contributed by atoms with Crippen LogP contribution in [0.1, 0.15) is 36.6 Å². The topological polar surface area (TPSA) is 129 Å². The van der Waals surface area contributed by atoms with E-state index in [9.17, 15) is 9.59 Å². The number of carbonyl (C=O) groups excluding carboxylic acids is 2. The van der Waals surface area contributed by atoms with Crippen molar-refractivity contribution in [3.63, 3.8) is 0 Å². The van der Waals surface area contributed by atoms with Crippen LogP contribution in [0.2, 0.25) is 0 Å². The summed E-state index contributed by atoms with van der Waals surface area (Å²) in [5, 5.41) is 10.5. The van der Waals surface area contributed by atoms with Gasteiger partial charge in [-0.15, -0.1) is 0 Å². The molecule has 3 aromatic carbocycles. The molecule has 2 heterocycles. The molecule has 3 aromatic rings. The summed E-state index contributed by atoms with van der Waals surface area (Å²) in [6, 6.07) is 17.6. The number of carbonyl (C=O) groups is 2. The van der Waals surface area contributed by atoms with E-state index in [1.54, 1.807) is 32.0 Å². The van der Waals surface area contributed by atoms with Gasteiger partial charge >= 0.3 is 5.97 Å². The number of rotatable bonds is 11. The number of nitrogens with zero attached hydrogens (tertiary/aromatic N) is 1. The zero-order valence-electron chi connectivity index (χ0n) is 23.8. The minimum atomic E-state index is -0.623. The Morgan fingerprint density at radius 2 is 1.91 bits per heavy atom. The lowest BCUT2D eigenvalue weighted by Crippen LogP contribution is -2.45. The highest BCUT2D eigenvalue weighted by molar-refractivity contribution is 9.10. The molecule has 0 bridgehead atoms. The molecule has 0 aliphatic carbocycles. The summed E-state index contributed by atoms with van der Waals surface area (Å²) in [6.07, 6.45) is 1.51. The van der Waals surface area contributed by atoms with Gasteiger partial charge in [0.05, 0.1) is 28.9 Å². The van der Waals surface area contributed by atoms with Crippen molar-refractivity contribution in [3.8, 4) is 23.0 Å². The highest BCUT2D eigenvalue weighted by Crippen LogP contribution is 2.35. The van der Waals surface area contributed by atoms with Crippen molar-refractivity contribution in [2.75, 3.05) is 20.0 Å². The zero-order chi connectivity index (χ0) is 31.1. The van der Waals surface area contributed by atoms with E-state index in [0.717, 1.165) is 21.3 Å². The molecule has 0 radical (unpaired) electrons. The van der Waals surface area contributed by atoms with E-state index >= 15 is 0 Å². The molecular formula is C31H29BrN4O7S. The van der Waals surface area contributed by atoms with Crippen LogP contribution in [0, 0.1) is 0 Å². The molecule has 0 fully saturated rings. The molecule has 228 valence electrons. The fourth-order valence-electron chi connectivity index (χ4n) is 4.52. The average molecular weight is 682 g/mol. The molecule has 2 aliphatic heterocycles. The number of nitrogens with one attached hydrogen (secondary N) is 3. The summed E-state index contributed by atoms with van der Waals surface area (Å²) in [5.74, 6) is 1.53. The minimum Gasteiger partial charge on any atom is -0.488 e. The van der Waals surface area contributed by atoms with Gasteiger partial charge in [-0.3, -0.25) is 4.79 Å². The van der Waals surface area contributed by atoms with Crippen molar-refractivity contribution in [2.24, 2.45) is 5.10 Å². The van der Waals surface area contributed by atoms with E-state index in [0.29, 0.717) is 45.8 Å². The minimum absolute atomic E-state index is 0.221. The number of hydrazone groups is 1. The van der Waals surface area contributed by atoms with Crippen LogP contribution in [-0.4, -0.2) is 43.2 Å². The van der Waals surface area contributed by atoms with Crippen molar-refractivity contribution in [1.82, 2.24) is 16.1 Å². The first-order valence-electron chi connectivity index (χ1n) is 13.6. The van der Waals surface area contributed by atoms with Gasteiger partial charge in [0.2, 0.25) is 6.79 Å². The van der Waals surface area contributed by atoms with Crippen LogP contribution in [0.15, 0.2) is 81.5 Å². The molecule has 1 amide bonds. The average Bonchev–Trinajstić information content (AvgIpc) is 3.47. The molecule has 44 heavy (non-hydrogen) atoms. The van der Waals surface area contributed by atoms with Crippen molar-refractivity contribution < 1.29 is 33.3 Å². The third kappa shape index (κ3) is 7.47. The number of esters is 1. The van der Waals surface area contributed by atoms with Gasteiger partial charge in [-0.2, -0.15) is 5.10 Å². The van der Waals surface area contributed by atoms with Crippen LogP contribution in [-0.2, 0) is 20.9 Å². The normalized spacial score (nSPS) is 15.4. The molecule has 0 spiro atoms. The Bertz CT molecular complexity index is 1640. The maximum absolute atomic E-state index is 12.7. The van der Waals surface area contributed by atoms with E-state index in [2.05, 4.69) is 37.1 Å². The summed E-state index contributed by atoms with van der Waals surface area (Å²) in [5.41, 5.74) is 5.73. The highest BCUT2D eigenvalue weighted by Gasteiger charge is 2.32. The second-order valence-electron chi connectivity index (χ2n) is 9.58. The van der Waals surface area contributed by atoms with E-state index < -0.39 is 17.9 Å². The summed E-state index contributed by atoms with van der Waals surface area (Å²) in [4.78, 5) is 25.3. The molecule has 2 aliphatic rings. The SMILES string of the molecule is CCOC(=O)C1=C(C)NC(=S)N[C@H]1c1ccccc1OCC(=O)NN=Cc1ccc(OCc2ccc3c(c2)OCO3)c(Br)c1. The Morgan fingerprint density at radius 1 is 1.09 bits per heavy atom. The van der Waals surface area contributed by atoms with Crippen molar-refractivity contribution in [3.05, 3.63) is 93.1 Å². The van der Waals surface area contributed by atoms with Crippen LogP contribution in [0.25, 0.3) is 0 Å². The first-order valence-corrected chi connectivity index (χ1v) is 14.8. The van der Waals surface area contributed by atoms with Gasteiger partial charge < -0.3 is 34.3 Å². The maximum atomic E-state index is 12.7. The molecule has 0 saturated heterocycles. The van der Waals surface area contributed by atoms with Gasteiger partial charge in [0.25, 0.3) is 5.91 Å². The Hall–Kier alpha value is -4.62. The maximum Gasteiger partial charge on any atom is 0.338 e. The smallest absolute Gasteiger partial charge is 0.338 e. The van der Waals surface area contributed by atoms with Crippen molar-refractivity contribution in [1.29, 1.82) is 0 Å². The quantitative estimate of drug-likeness (QED) is 0.114. The lowest BCUT2D eigenvalue weighted by Gasteiger charge is -2.30. The second-order valence-corrected chi connectivity index (χ2v) is 10.8. The summed E-state index contributed by atoms with van der Waals surface area (Å²) < 4.78 is 28.5. The van der Waals surface area contributed by atoms with Gasteiger partial charge in [-0.05, 0) is 89.5 Å². The lowest BCUT2D eigenvalue weighted by molar-refractivity contribution is -0.139. The van der Waals surface area contributed by atoms with E-state index in [1.807, 2.05) is 42.5 Å². The van der Waals surface area contributed by atoms with E-state index in [4.69, 9.17) is 35.9 Å². The first kappa shape index (κ1) is 30.8. The largest absolute Gasteiger partial charge is 0.488 e. The van der Waals surface area contributed by atoms with Crippen LogP contribution in [0.4, 0.5) is 0 Å². The van der Waals surface area contributed by atoms with Gasteiger partial charge in [-0.1, -0.05) is 24.3 Å². The number of halogens is 1. The Kier molecular flexibility index (Phi) is 9.97. The Morgan fingerprint density at radius 3 is 2.73 bits per heavy atom. The lowest BCUT2D eigenvalue weighted by atomic mass is 9.95. The van der Waals surface area contributed by atoms with Gasteiger partial charge in [0.15, 0.2) is 23.2 Å². The van der Waals surface area contributed by atoms with E-state index in [1.165, 1.54) is 6.21 Å². The second kappa shape index (κ2) is 14.2. The van der Waals surface area contributed by atoms with Gasteiger partial charge in [-0.25, -0.2) is 10.2 Å². The molecule has 11 nitrogen and oxygen atoms in total. The number of allylic oxidation sites excluding steroid dienone is 1.